The molecule has 3 rings (SSSR count). The number of nitrogens with zero attached hydrogens (tertiary/aromatic N) is 6. The fraction of sp³-hybridized carbons (Fsp3) is 0.286. The molecule has 0 saturated carbocycles. The van der Waals surface area contributed by atoms with Crippen molar-refractivity contribution < 1.29 is 9.85 Å². The quantitative estimate of drug-likeness (QED) is 0.638. The first-order valence-corrected chi connectivity index (χ1v) is 7.47. The Morgan fingerprint density at radius 3 is 2.16 bits per heavy atom. The summed E-state index contributed by atoms with van der Waals surface area (Å²) in [5.74, 6) is 0.126. The topological polar surface area (TPSA) is 145 Å². The van der Waals surface area contributed by atoms with E-state index in [0.717, 1.165) is 6.20 Å². The van der Waals surface area contributed by atoms with E-state index in [-0.39, 0.29) is 17.2 Å². The van der Waals surface area contributed by atoms with E-state index in [1.54, 1.807) is 18.2 Å². The van der Waals surface area contributed by atoms with Gasteiger partial charge in [0, 0.05) is 32.2 Å². The molecule has 11 nitrogen and oxygen atoms in total. The molecule has 0 bridgehead atoms. The van der Waals surface area contributed by atoms with E-state index in [4.69, 9.17) is 5.73 Å². The van der Waals surface area contributed by atoms with Crippen LogP contribution in [0.2, 0.25) is 0 Å². The monoisotopic (exact) mass is 345 g/mol. The van der Waals surface area contributed by atoms with Crippen molar-refractivity contribution in [2.45, 2.75) is 0 Å². The Kier molecular flexibility index (Phi) is 4.29. The first kappa shape index (κ1) is 16.4. The summed E-state index contributed by atoms with van der Waals surface area (Å²) in [4.78, 5) is 32.6. The highest BCUT2D eigenvalue weighted by Crippen LogP contribution is 2.29. The number of nitrogens with two attached hydrogens (primary N) is 1. The Balaban J connectivity index is 1.73. The van der Waals surface area contributed by atoms with E-state index < -0.39 is 9.85 Å². The van der Waals surface area contributed by atoms with Crippen molar-refractivity contribution in [3.05, 3.63) is 50.7 Å². The molecule has 0 radical (unpaired) electrons. The number of nitro benzene ring substituents is 1. The SMILES string of the molecule is Nc1nc(N2CCN(c3ccccc3[N+](=O)[O-])CC2)ncc1[N+](=O)[O-]. The third-order valence-corrected chi connectivity index (χ3v) is 3.96. The number of nitrogen functional groups attached to an aromatic ring is 1. The van der Waals surface area contributed by atoms with Gasteiger partial charge in [-0.3, -0.25) is 20.2 Å². The predicted molar refractivity (Wildman–Crippen MR) is 90.6 cm³/mol. The van der Waals surface area contributed by atoms with Gasteiger partial charge in [-0.2, -0.15) is 4.98 Å². The number of hydrogen-bond acceptors (Lipinski definition) is 9. The van der Waals surface area contributed by atoms with Crippen molar-refractivity contribution >= 4 is 28.8 Å². The maximum Gasteiger partial charge on any atom is 0.329 e. The lowest BCUT2D eigenvalue weighted by atomic mass is 10.2. The van der Waals surface area contributed by atoms with E-state index in [1.807, 2.05) is 9.80 Å². The van der Waals surface area contributed by atoms with Crippen molar-refractivity contribution in [1.82, 2.24) is 9.97 Å². The lowest BCUT2D eigenvalue weighted by Gasteiger charge is -2.35. The van der Waals surface area contributed by atoms with Crippen LogP contribution in [0.5, 0.6) is 0 Å². The number of para-hydroxylation sites is 2. The van der Waals surface area contributed by atoms with Gasteiger partial charge in [-0.15, -0.1) is 0 Å². The summed E-state index contributed by atoms with van der Waals surface area (Å²) in [5.41, 5.74) is 5.89. The number of benzene rings is 1. The lowest BCUT2D eigenvalue weighted by molar-refractivity contribution is -0.384. The van der Waals surface area contributed by atoms with E-state index in [0.29, 0.717) is 37.8 Å². The molecular formula is C14H15N7O4. The molecule has 1 aromatic heterocycles. The van der Waals surface area contributed by atoms with E-state index in [9.17, 15) is 20.2 Å². The molecule has 1 aliphatic heterocycles. The maximum atomic E-state index is 11.2. The molecule has 0 atom stereocenters. The fourth-order valence-corrected chi connectivity index (χ4v) is 2.71. The number of piperazine rings is 1. The summed E-state index contributed by atoms with van der Waals surface area (Å²) >= 11 is 0. The average Bonchev–Trinajstić information content (AvgIpc) is 2.61. The van der Waals surface area contributed by atoms with Gasteiger partial charge in [0.05, 0.1) is 9.85 Å². The molecule has 1 fully saturated rings. The molecule has 0 aliphatic carbocycles. The molecule has 130 valence electrons. The van der Waals surface area contributed by atoms with Crippen molar-refractivity contribution in [2.24, 2.45) is 0 Å². The summed E-state index contributed by atoms with van der Waals surface area (Å²) in [5, 5.41) is 21.9. The van der Waals surface area contributed by atoms with Gasteiger partial charge in [-0.1, -0.05) is 12.1 Å². The fourth-order valence-electron chi connectivity index (χ4n) is 2.71. The van der Waals surface area contributed by atoms with Gasteiger partial charge in [0.15, 0.2) is 0 Å². The van der Waals surface area contributed by atoms with Gasteiger partial charge in [0.1, 0.15) is 11.9 Å². The van der Waals surface area contributed by atoms with Crippen LogP contribution in [0.1, 0.15) is 0 Å². The van der Waals surface area contributed by atoms with Gasteiger partial charge in [-0.25, -0.2) is 4.98 Å². The minimum Gasteiger partial charge on any atom is -0.378 e. The highest BCUT2D eigenvalue weighted by Gasteiger charge is 2.25. The second kappa shape index (κ2) is 6.55. The largest absolute Gasteiger partial charge is 0.378 e. The van der Waals surface area contributed by atoms with Crippen LogP contribution >= 0.6 is 0 Å². The van der Waals surface area contributed by atoms with Crippen molar-refractivity contribution in [3.8, 4) is 0 Å². The molecule has 25 heavy (non-hydrogen) atoms. The number of anilines is 3. The second-order valence-corrected chi connectivity index (χ2v) is 5.42. The van der Waals surface area contributed by atoms with Crippen LogP contribution in [0.4, 0.5) is 28.8 Å². The predicted octanol–water partition coefficient (Wildman–Crippen LogP) is 1.20. The Morgan fingerprint density at radius 2 is 1.56 bits per heavy atom. The molecule has 2 heterocycles. The van der Waals surface area contributed by atoms with Crippen LogP contribution in [-0.2, 0) is 0 Å². The van der Waals surface area contributed by atoms with Crippen LogP contribution in [0.3, 0.4) is 0 Å². The second-order valence-electron chi connectivity index (χ2n) is 5.42. The zero-order valence-electron chi connectivity index (χ0n) is 13.1. The Morgan fingerprint density at radius 1 is 0.960 bits per heavy atom. The van der Waals surface area contributed by atoms with Gasteiger partial charge in [-0.05, 0) is 6.07 Å². The highest BCUT2D eigenvalue weighted by molar-refractivity contribution is 5.64. The molecule has 0 unspecified atom stereocenters. The minimum absolute atomic E-state index is 0.0618. The van der Waals surface area contributed by atoms with Gasteiger partial charge in [0.2, 0.25) is 11.8 Å². The van der Waals surface area contributed by atoms with Crippen molar-refractivity contribution in [1.29, 1.82) is 0 Å². The molecule has 1 aromatic carbocycles. The normalized spacial score (nSPS) is 14.4. The number of nitro groups is 2. The molecule has 2 N–H and O–H groups in total. The van der Waals surface area contributed by atoms with E-state index in [2.05, 4.69) is 9.97 Å². The third kappa shape index (κ3) is 3.24. The zero-order chi connectivity index (χ0) is 18.0. The average molecular weight is 345 g/mol. The summed E-state index contributed by atoms with van der Waals surface area (Å²) < 4.78 is 0. The molecule has 11 heteroatoms. The summed E-state index contributed by atoms with van der Waals surface area (Å²) in [6.45, 7) is 2.10. The van der Waals surface area contributed by atoms with Crippen LogP contribution in [0.15, 0.2) is 30.5 Å². The smallest absolute Gasteiger partial charge is 0.329 e. The Labute approximate surface area is 142 Å². The standard InChI is InChI=1S/C14H15N7O4/c15-13-12(21(24)25)9-16-14(17-13)19-7-5-18(6-8-19)10-3-1-2-4-11(10)20(22)23/h1-4,9H,5-8H2,(H2,15,16,17). The minimum atomic E-state index is -0.633. The van der Waals surface area contributed by atoms with Gasteiger partial charge >= 0.3 is 5.69 Å². The number of hydrogen-bond donors (Lipinski definition) is 1. The Bertz CT molecular complexity index is 821. The van der Waals surface area contributed by atoms with Crippen LogP contribution in [0.25, 0.3) is 0 Å². The molecule has 1 saturated heterocycles. The third-order valence-electron chi connectivity index (χ3n) is 3.96. The molecular weight excluding hydrogens is 330 g/mol. The van der Waals surface area contributed by atoms with Crippen molar-refractivity contribution in [3.63, 3.8) is 0 Å². The molecule has 2 aromatic rings. The first-order chi connectivity index (χ1) is 12.0. The summed E-state index contributed by atoms with van der Waals surface area (Å²) in [7, 11) is 0. The number of aromatic nitrogens is 2. The van der Waals surface area contributed by atoms with Crippen molar-refractivity contribution in [2.75, 3.05) is 41.7 Å². The molecule has 1 aliphatic rings. The highest BCUT2D eigenvalue weighted by atomic mass is 16.6. The van der Waals surface area contributed by atoms with Crippen LogP contribution < -0.4 is 15.5 Å². The van der Waals surface area contributed by atoms with E-state index in [1.165, 1.54) is 6.07 Å². The first-order valence-electron chi connectivity index (χ1n) is 7.47. The Hall–Kier alpha value is -3.50. The molecule has 0 amide bonds. The number of rotatable bonds is 4. The van der Waals surface area contributed by atoms with Gasteiger partial charge < -0.3 is 15.5 Å². The lowest BCUT2D eigenvalue weighted by Crippen LogP contribution is -2.47. The maximum absolute atomic E-state index is 11.2. The van der Waals surface area contributed by atoms with Crippen LogP contribution in [-0.4, -0.2) is 46.0 Å². The molecule has 0 spiro atoms. The summed E-state index contributed by atoms with van der Waals surface area (Å²) in [6.07, 6.45) is 1.09. The van der Waals surface area contributed by atoms with E-state index >= 15 is 0 Å². The van der Waals surface area contributed by atoms with Crippen LogP contribution in [0, 0.1) is 20.2 Å². The van der Waals surface area contributed by atoms with Gasteiger partial charge in [0.25, 0.3) is 5.69 Å². The zero-order valence-corrected chi connectivity index (χ0v) is 13.1. The summed E-state index contributed by atoms with van der Waals surface area (Å²) in [6, 6.07) is 6.58.